The highest BCUT2D eigenvalue weighted by Crippen LogP contribution is 2.31. The summed E-state index contributed by atoms with van der Waals surface area (Å²) in [7, 11) is 0. The van der Waals surface area contributed by atoms with Crippen molar-refractivity contribution in [2.24, 2.45) is 0 Å². The number of nitrogens with zero attached hydrogens (tertiary/aromatic N) is 2. The van der Waals surface area contributed by atoms with Crippen LogP contribution in [0.5, 0.6) is 0 Å². The van der Waals surface area contributed by atoms with E-state index in [9.17, 15) is 9.59 Å². The monoisotopic (exact) mass is 456 g/mol. The van der Waals surface area contributed by atoms with Gasteiger partial charge in [0, 0.05) is 41.4 Å². The number of amides is 1. The Morgan fingerprint density at radius 2 is 1.73 bits per heavy atom. The van der Waals surface area contributed by atoms with E-state index in [0.717, 1.165) is 41.4 Å². The fraction of sp³-hybridized carbons (Fsp3) is 0.192. The standard InChI is InChI=1S/C26H24N4O2S/c31-25(20-10-7-11-21(16-20)30-14-5-2-6-15-30)27-23-17-19(18-8-3-1-4-9-18)12-13-22(23)24-28-26(32)33-29-24/h1,3-4,7-13,16-17H,2,5-6,14-15H2,(H,27,31)(H,28,29,32). The lowest BCUT2D eigenvalue weighted by atomic mass is 10.0. The van der Waals surface area contributed by atoms with Gasteiger partial charge in [-0.2, -0.15) is 4.37 Å². The molecule has 0 radical (unpaired) electrons. The first-order chi connectivity index (χ1) is 16.2. The van der Waals surface area contributed by atoms with Gasteiger partial charge in [0.15, 0.2) is 5.82 Å². The predicted molar refractivity (Wildman–Crippen MR) is 134 cm³/mol. The van der Waals surface area contributed by atoms with Gasteiger partial charge in [-0.3, -0.25) is 14.6 Å². The number of benzene rings is 3. The van der Waals surface area contributed by atoms with Crippen LogP contribution in [0, 0.1) is 0 Å². The van der Waals surface area contributed by atoms with Gasteiger partial charge in [-0.1, -0.05) is 42.5 Å². The Bertz CT molecular complexity index is 1320. The molecule has 1 saturated heterocycles. The van der Waals surface area contributed by atoms with Crippen LogP contribution in [-0.2, 0) is 0 Å². The van der Waals surface area contributed by atoms with Gasteiger partial charge in [-0.15, -0.1) is 0 Å². The van der Waals surface area contributed by atoms with E-state index in [1.54, 1.807) is 0 Å². The Morgan fingerprint density at radius 3 is 2.48 bits per heavy atom. The van der Waals surface area contributed by atoms with Gasteiger partial charge in [0.05, 0.1) is 5.69 Å². The number of carbonyl (C=O) groups is 1. The summed E-state index contributed by atoms with van der Waals surface area (Å²) in [6.07, 6.45) is 3.62. The number of aromatic nitrogens is 2. The molecular formula is C26H24N4O2S. The fourth-order valence-corrected chi connectivity index (χ4v) is 4.66. The van der Waals surface area contributed by atoms with Gasteiger partial charge in [-0.05, 0) is 60.7 Å². The SMILES string of the molecule is O=C(Nc1cc(-c2ccccc2)ccc1-c1nsc(=O)[nH]1)c1cccc(N2CCCCC2)c1. The molecule has 166 valence electrons. The minimum Gasteiger partial charge on any atom is -0.372 e. The number of H-pyrrole nitrogens is 1. The van der Waals surface area contributed by atoms with Gasteiger partial charge in [0.1, 0.15) is 0 Å². The summed E-state index contributed by atoms with van der Waals surface area (Å²) in [4.78, 5) is 29.8. The van der Waals surface area contributed by atoms with Crippen molar-refractivity contribution in [1.82, 2.24) is 9.36 Å². The van der Waals surface area contributed by atoms with Crippen molar-refractivity contribution < 1.29 is 4.79 Å². The second-order valence-electron chi connectivity index (χ2n) is 8.12. The molecular weight excluding hydrogens is 432 g/mol. The molecule has 6 nitrogen and oxygen atoms in total. The van der Waals surface area contributed by atoms with Crippen LogP contribution in [0.15, 0.2) is 77.6 Å². The lowest BCUT2D eigenvalue weighted by Crippen LogP contribution is -2.29. The summed E-state index contributed by atoms with van der Waals surface area (Å²) in [5.41, 5.74) is 4.96. The van der Waals surface area contributed by atoms with E-state index < -0.39 is 0 Å². The molecule has 2 N–H and O–H groups in total. The fourth-order valence-electron chi connectivity index (χ4n) is 4.20. The number of piperidine rings is 1. The van der Waals surface area contributed by atoms with Crippen LogP contribution in [0.25, 0.3) is 22.5 Å². The Balaban J connectivity index is 1.48. The number of aromatic amines is 1. The lowest BCUT2D eigenvalue weighted by molar-refractivity contribution is 0.102. The number of nitrogens with one attached hydrogen (secondary N) is 2. The molecule has 4 aromatic rings. The lowest BCUT2D eigenvalue weighted by Gasteiger charge is -2.29. The third kappa shape index (κ3) is 4.73. The van der Waals surface area contributed by atoms with E-state index in [4.69, 9.17) is 0 Å². The van der Waals surface area contributed by atoms with Crippen LogP contribution in [0.1, 0.15) is 29.6 Å². The van der Waals surface area contributed by atoms with E-state index in [1.807, 2.05) is 66.7 Å². The molecule has 2 heterocycles. The maximum absolute atomic E-state index is 13.3. The Hall–Kier alpha value is -3.71. The van der Waals surface area contributed by atoms with Crippen LogP contribution < -0.4 is 15.1 Å². The van der Waals surface area contributed by atoms with E-state index in [-0.39, 0.29) is 10.8 Å². The number of carbonyl (C=O) groups excluding carboxylic acids is 1. The average Bonchev–Trinajstić information content (AvgIpc) is 3.31. The number of anilines is 2. The summed E-state index contributed by atoms with van der Waals surface area (Å²) in [5, 5.41) is 3.06. The van der Waals surface area contributed by atoms with Crippen LogP contribution in [0.3, 0.4) is 0 Å². The zero-order valence-corrected chi connectivity index (χ0v) is 18.9. The van der Waals surface area contributed by atoms with Crippen LogP contribution in [0.2, 0.25) is 0 Å². The average molecular weight is 457 g/mol. The van der Waals surface area contributed by atoms with Gasteiger partial charge in [0.25, 0.3) is 5.91 Å². The molecule has 1 aromatic heterocycles. The first-order valence-corrected chi connectivity index (χ1v) is 11.9. The summed E-state index contributed by atoms with van der Waals surface area (Å²) >= 11 is 0.862. The van der Waals surface area contributed by atoms with Gasteiger partial charge >= 0.3 is 4.87 Å². The molecule has 1 aliphatic heterocycles. The second-order valence-corrected chi connectivity index (χ2v) is 8.86. The van der Waals surface area contributed by atoms with E-state index >= 15 is 0 Å². The maximum atomic E-state index is 13.3. The summed E-state index contributed by atoms with van der Waals surface area (Å²) in [5.74, 6) is 0.250. The predicted octanol–water partition coefficient (Wildman–Crippen LogP) is 5.41. The molecule has 1 fully saturated rings. The molecule has 0 aliphatic carbocycles. The molecule has 0 spiro atoms. The van der Waals surface area contributed by atoms with Gasteiger partial charge in [-0.25, -0.2) is 0 Å². The van der Waals surface area contributed by atoms with Gasteiger partial charge in [0.2, 0.25) is 0 Å². The number of hydrogen-bond acceptors (Lipinski definition) is 5. The van der Waals surface area contributed by atoms with Crippen molar-refractivity contribution in [2.75, 3.05) is 23.3 Å². The largest absolute Gasteiger partial charge is 0.372 e. The van der Waals surface area contributed by atoms with Crippen LogP contribution in [0.4, 0.5) is 11.4 Å². The maximum Gasteiger partial charge on any atom is 0.323 e. The van der Waals surface area contributed by atoms with Crippen molar-refractivity contribution in [2.45, 2.75) is 19.3 Å². The highest BCUT2D eigenvalue weighted by molar-refractivity contribution is 7.03. The van der Waals surface area contributed by atoms with Crippen molar-refractivity contribution in [3.63, 3.8) is 0 Å². The van der Waals surface area contributed by atoms with Crippen molar-refractivity contribution >= 4 is 28.8 Å². The van der Waals surface area contributed by atoms with Crippen molar-refractivity contribution in [3.8, 4) is 22.5 Å². The van der Waals surface area contributed by atoms with Gasteiger partial charge < -0.3 is 10.2 Å². The quantitative estimate of drug-likeness (QED) is 0.421. The Morgan fingerprint density at radius 1 is 0.909 bits per heavy atom. The molecule has 1 amide bonds. The van der Waals surface area contributed by atoms with Crippen LogP contribution >= 0.6 is 11.5 Å². The van der Waals surface area contributed by atoms with E-state index in [2.05, 4.69) is 25.6 Å². The molecule has 1 aliphatic rings. The molecule has 33 heavy (non-hydrogen) atoms. The molecule has 5 rings (SSSR count). The summed E-state index contributed by atoms with van der Waals surface area (Å²) in [6, 6.07) is 23.5. The molecule has 0 saturated carbocycles. The normalized spacial score (nSPS) is 13.6. The van der Waals surface area contributed by atoms with Crippen molar-refractivity contribution in [3.05, 3.63) is 88.0 Å². The molecule has 0 atom stereocenters. The van der Waals surface area contributed by atoms with E-state index in [1.165, 1.54) is 19.3 Å². The smallest absolute Gasteiger partial charge is 0.323 e. The second kappa shape index (κ2) is 9.42. The molecule has 7 heteroatoms. The molecule has 0 bridgehead atoms. The zero-order valence-electron chi connectivity index (χ0n) is 18.1. The first kappa shape index (κ1) is 21.2. The minimum absolute atomic E-state index is 0.196. The first-order valence-electron chi connectivity index (χ1n) is 11.1. The van der Waals surface area contributed by atoms with Crippen molar-refractivity contribution in [1.29, 1.82) is 0 Å². The summed E-state index contributed by atoms with van der Waals surface area (Å²) < 4.78 is 4.22. The highest BCUT2D eigenvalue weighted by atomic mass is 32.1. The van der Waals surface area contributed by atoms with Crippen LogP contribution in [-0.4, -0.2) is 28.4 Å². The third-order valence-corrected chi connectivity index (χ3v) is 6.44. The minimum atomic E-state index is -0.233. The van der Waals surface area contributed by atoms with E-state index in [0.29, 0.717) is 22.6 Å². The zero-order chi connectivity index (χ0) is 22.6. The number of rotatable bonds is 5. The highest BCUT2D eigenvalue weighted by Gasteiger charge is 2.16. The topological polar surface area (TPSA) is 78.1 Å². The summed E-state index contributed by atoms with van der Waals surface area (Å²) in [6.45, 7) is 2.04. The Labute approximate surface area is 196 Å². The Kier molecular flexibility index (Phi) is 6.04. The number of hydrogen-bond donors (Lipinski definition) is 2. The third-order valence-electron chi connectivity index (χ3n) is 5.90. The molecule has 0 unspecified atom stereocenters. The molecule has 3 aromatic carbocycles.